The number of rotatable bonds is 4. The maximum atomic E-state index is 13.0. The van der Waals surface area contributed by atoms with Gasteiger partial charge in [0.25, 0.3) is 5.91 Å². The lowest BCUT2D eigenvalue weighted by atomic mass is 9.84. The summed E-state index contributed by atoms with van der Waals surface area (Å²) < 4.78 is 0. The molecule has 1 aromatic carbocycles. The number of hydrogen-bond donors (Lipinski definition) is 3. The zero-order chi connectivity index (χ0) is 21.1. The van der Waals surface area contributed by atoms with Gasteiger partial charge in [-0.2, -0.15) is 0 Å². The summed E-state index contributed by atoms with van der Waals surface area (Å²) in [5.74, 6) is -0.187. The van der Waals surface area contributed by atoms with Crippen LogP contribution >= 0.6 is 0 Å². The molecule has 3 N–H and O–H groups in total. The Morgan fingerprint density at radius 3 is 2.43 bits per heavy atom. The minimum Gasteiger partial charge on any atom is -0.357 e. The van der Waals surface area contributed by atoms with E-state index in [2.05, 4.69) is 15.6 Å². The zero-order valence-corrected chi connectivity index (χ0v) is 17.5. The van der Waals surface area contributed by atoms with E-state index in [1.807, 2.05) is 29.2 Å². The maximum Gasteiger partial charge on any atom is 0.268 e. The van der Waals surface area contributed by atoms with Gasteiger partial charge in [-0.25, -0.2) is 0 Å². The maximum absolute atomic E-state index is 13.0. The summed E-state index contributed by atoms with van der Waals surface area (Å²) in [4.78, 5) is 43.6. The third-order valence-corrected chi connectivity index (χ3v) is 6.67. The van der Waals surface area contributed by atoms with Crippen molar-refractivity contribution >= 4 is 28.6 Å². The molecular weight excluding hydrogens is 380 g/mol. The van der Waals surface area contributed by atoms with Crippen molar-refractivity contribution in [3.8, 4) is 0 Å². The summed E-state index contributed by atoms with van der Waals surface area (Å²) >= 11 is 0. The van der Waals surface area contributed by atoms with Gasteiger partial charge in [0.15, 0.2) is 0 Å². The molecule has 160 valence electrons. The Morgan fingerprint density at radius 1 is 1.07 bits per heavy atom. The number of fused-ring (bicyclic) bond motifs is 1. The number of benzene rings is 1. The van der Waals surface area contributed by atoms with Gasteiger partial charge in [0.2, 0.25) is 11.8 Å². The second-order valence-corrected chi connectivity index (χ2v) is 8.55. The first-order valence-electron chi connectivity index (χ1n) is 10.9. The molecule has 1 aromatic heterocycles. The van der Waals surface area contributed by atoms with Crippen LogP contribution in [0.3, 0.4) is 0 Å². The lowest BCUT2D eigenvalue weighted by molar-refractivity contribution is -0.141. The first-order valence-corrected chi connectivity index (χ1v) is 10.9. The highest BCUT2D eigenvalue weighted by atomic mass is 16.2. The first kappa shape index (κ1) is 20.4. The molecule has 1 aliphatic carbocycles. The molecule has 30 heavy (non-hydrogen) atoms. The fourth-order valence-electron chi connectivity index (χ4n) is 4.85. The monoisotopic (exact) mass is 410 g/mol. The molecule has 1 saturated carbocycles. The summed E-state index contributed by atoms with van der Waals surface area (Å²) in [5, 5.41) is 6.63. The average Bonchev–Trinajstić information content (AvgIpc) is 3.24. The SMILES string of the molecule is CNC(=O)C1(NC(=O)c2cc3ccccc3[nH]2)CCN(C(=O)C2CCCCC2)CC1. The number of likely N-dealkylation sites (N-methyl/N-ethyl adjacent to an activating group) is 1. The summed E-state index contributed by atoms with van der Waals surface area (Å²) in [5.41, 5.74) is 0.302. The molecule has 7 nitrogen and oxygen atoms in total. The van der Waals surface area contributed by atoms with Crippen LogP contribution in [0, 0.1) is 5.92 Å². The van der Waals surface area contributed by atoms with E-state index in [1.54, 1.807) is 13.1 Å². The number of para-hydroxylation sites is 1. The highest BCUT2D eigenvalue weighted by Gasteiger charge is 2.44. The van der Waals surface area contributed by atoms with Crippen molar-refractivity contribution in [2.75, 3.05) is 20.1 Å². The molecular formula is C23H30N4O3. The van der Waals surface area contributed by atoms with Crippen LogP contribution in [0.25, 0.3) is 10.9 Å². The molecule has 4 rings (SSSR count). The molecule has 0 bridgehead atoms. The highest BCUT2D eigenvalue weighted by Crippen LogP contribution is 2.29. The third-order valence-electron chi connectivity index (χ3n) is 6.67. The van der Waals surface area contributed by atoms with Crippen molar-refractivity contribution in [3.63, 3.8) is 0 Å². The van der Waals surface area contributed by atoms with E-state index in [1.165, 1.54) is 6.42 Å². The first-order chi connectivity index (χ1) is 14.5. The average molecular weight is 411 g/mol. The van der Waals surface area contributed by atoms with Crippen LogP contribution in [0.15, 0.2) is 30.3 Å². The van der Waals surface area contributed by atoms with Gasteiger partial charge in [-0.1, -0.05) is 37.5 Å². The molecule has 2 heterocycles. The Labute approximate surface area is 176 Å². The Balaban J connectivity index is 1.46. The van der Waals surface area contributed by atoms with Crippen LogP contribution in [0.4, 0.5) is 0 Å². The highest BCUT2D eigenvalue weighted by molar-refractivity contribution is 6.01. The molecule has 2 aromatic rings. The van der Waals surface area contributed by atoms with Crippen molar-refractivity contribution in [2.45, 2.75) is 50.5 Å². The number of nitrogens with zero attached hydrogens (tertiary/aromatic N) is 1. The third kappa shape index (κ3) is 3.93. The summed E-state index contributed by atoms with van der Waals surface area (Å²) in [6, 6.07) is 9.47. The van der Waals surface area contributed by atoms with Crippen LogP contribution < -0.4 is 10.6 Å². The van der Waals surface area contributed by atoms with Crippen molar-refractivity contribution in [1.82, 2.24) is 20.5 Å². The molecule has 3 amide bonds. The molecule has 0 unspecified atom stereocenters. The normalized spacial score (nSPS) is 19.4. The van der Waals surface area contributed by atoms with Gasteiger partial charge in [0.05, 0.1) is 0 Å². The number of carbonyl (C=O) groups excluding carboxylic acids is 3. The molecule has 2 fully saturated rings. The number of nitrogens with one attached hydrogen (secondary N) is 3. The standard InChI is InChI=1S/C23H30N4O3/c1-24-22(30)23(26-20(28)19-15-17-9-5-6-10-18(17)25-19)11-13-27(14-12-23)21(29)16-7-3-2-4-8-16/h5-6,9-10,15-16,25H,2-4,7-8,11-14H2,1H3,(H,24,30)(H,26,28). The topological polar surface area (TPSA) is 94.3 Å². The fourth-order valence-corrected chi connectivity index (χ4v) is 4.85. The summed E-state index contributed by atoms with van der Waals surface area (Å²) in [7, 11) is 1.58. The van der Waals surface area contributed by atoms with Gasteiger partial charge in [0.1, 0.15) is 11.2 Å². The van der Waals surface area contributed by atoms with Crippen LogP contribution in [-0.2, 0) is 9.59 Å². The number of amides is 3. The largest absolute Gasteiger partial charge is 0.357 e. The smallest absolute Gasteiger partial charge is 0.268 e. The van der Waals surface area contributed by atoms with Crippen molar-refractivity contribution in [2.24, 2.45) is 5.92 Å². The lowest BCUT2D eigenvalue weighted by Crippen LogP contribution is -2.63. The second-order valence-electron chi connectivity index (χ2n) is 8.55. The summed E-state index contributed by atoms with van der Waals surface area (Å²) in [6.45, 7) is 0.964. The predicted molar refractivity (Wildman–Crippen MR) is 115 cm³/mol. The molecule has 1 saturated heterocycles. The number of hydrogen-bond acceptors (Lipinski definition) is 3. The van der Waals surface area contributed by atoms with E-state index >= 15 is 0 Å². The van der Waals surface area contributed by atoms with E-state index in [9.17, 15) is 14.4 Å². The predicted octanol–water partition coefficient (Wildman–Crippen LogP) is 2.59. The molecule has 2 aliphatic rings. The van der Waals surface area contributed by atoms with Crippen molar-refractivity contribution in [3.05, 3.63) is 36.0 Å². The van der Waals surface area contributed by atoms with E-state index < -0.39 is 5.54 Å². The minimum atomic E-state index is -1.01. The minimum absolute atomic E-state index is 0.118. The quantitative estimate of drug-likeness (QED) is 0.723. The van der Waals surface area contributed by atoms with Crippen molar-refractivity contribution in [1.29, 1.82) is 0 Å². The second kappa shape index (κ2) is 8.50. The molecule has 0 spiro atoms. The molecule has 0 radical (unpaired) electrons. The van der Waals surface area contributed by atoms with Gasteiger partial charge < -0.3 is 20.5 Å². The number of likely N-dealkylation sites (tertiary alicyclic amines) is 1. The van der Waals surface area contributed by atoms with Gasteiger partial charge >= 0.3 is 0 Å². The Hall–Kier alpha value is -2.83. The van der Waals surface area contributed by atoms with Crippen LogP contribution in [0.5, 0.6) is 0 Å². The Morgan fingerprint density at radius 2 is 1.77 bits per heavy atom. The fraction of sp³-hybridized carbons (Fsp3) is 0.522. The number of aromatic nitrogens is 1. The van der Waals surface area contributed by atoms with Gasteiger partial charge in [-0.15, -0.1) is 0 Å². The summed E-state index contributed by atoms with van der Waals surface area (Å²) in [6.07, 6.45) is 6.21. The Kier molecular flexibility index (Phi) is 5.79. The van der Waals surface area contributed by atoms with Gasteiger partial charge in [-0.05, 0) is 37.8 Å². The van der Waals surface area contributed by atoms with Gasteiger partial charge in [0, 0.05) is 37.0 Å². The van der Waals surface area contributed by atoms with E-state index in [0.29, 0.717) is 31.6 Å². The van der Waals surface area contributed by atoms with E-state index in [0.717, 1.165) is 36.6 Å². The number of carbonyl (C=O) groups is 3. The van der Waals surface area contributed by atoms with Gasteiger partial charge in [-0.3, -0.25) is 14.4 Å². The number of piperidine rings is 1. The lowest BCUT2D eigenvalue weighted by Gasteiger charge is -2.42. The van der Waals surface area contributed by atoms with Crippen LogP contribution in [-0.4, -0.2) is 53.3 Å². The van der Waals surface area contributed by atoms with E-state index in [-0.39, 0.29) is 23.6 Å². The zero-order valence-electron chi connectivity index (χ0n) is 17.5. The number of aromatic amines is 1. The van der Waals surface area contributed by atoms with E-state index in [4.69, 9.17) is 0 Å². The Bertz CT molecular complexity index is 904. The number of H-pyrrole nitrogens is 1. The molecule has 7 heteroatoms. The van der Waals surface area contributed by atoms with Crippen LogP contribution in [0.2, 0.25) is 0 Å². The molecule has 0 atom stereocenters. The molecule has 1 aliphatic heterocycles. The van der Waals surface area contributed by atoms with Crippen LogP contribution in [0.1, 0.15) is 55.4 Å². The van der Waals surface area contributed by atoms with Crippen molar-refractivity contribution < 1.29 is 14.4 Å².